The number of carbonyl (C=O) groups excluding carboxylic acids is 2. The summed E-state index contributed by atoms with van der Waals surface area (Å²) in [4.78, 5) is 36.8. The first kappa shape index (κ1) is 18.5. The van der Waals surface area contributed by atoms with Crippen molar-refractivity contribution in [1.82, 2.24) is 15.1 Å². The van der Waals surface area contributed by atoms with Gasteiger partial charge in [0.05, 0.1) is 11.4 Å². The van der Waals surface area contributed by atoms with E-state index in [1.165, 1.54) is 19.1 Å². The molecular weight excluding hydrogens is 378 g/mol. The van der Waals surface area contributed by atoms with Gasteiger partial charge >= 0.3 is 0 Å². The van der Waals surface area contributed by atoms with Crippen molar-refractivity contribution < 1.29 is 24.2 Å². The quantitative estimate of drug-likeness (QED) is 0.663. The van der Waals surface area contributed by atoms with Crippen molar-refractivity contribution in [2.45, 2.75) is 19.5 Å². The highest BCUT2D eigenvalue weighted by Crippen LogP contribution is 2.32. The number of nitrogens with one attached hydrogen (secondary N) is 1. The molecule has 1 aliphatic heterocycles. The Balaban J connectivity index is 1.59. The number of aromatic carboxylic acids is 1. The lowest BCUT2D eigenvalue weighted by Crippen LogP contribution is -2.38. The number of carboxylic acid groups (broad SMARTS) is 1. The van der Waals surface area contributed by atoms with Crippen molar-refractivity contribution in [3.8, 4) is 11.5 Å². The number of fused-ring (bicyclic) bond motifs is 2. The zero-order valence-corrected chi connectivity index (χ0v) is 15.4. The first-order valence-corrected chi connectivity index (χ1v) is 8.85. The van der Waals surface area contributed by atoms with Crippen LogP contribution in [-0.4, -0.2) is 28.4 Å². The standard InChI is InChI=1S/C20H17N3O6/c1-11(18(24)21-9-12-6-7-15-16(8-12)29-10-28-15)23-19(25)14-5-3-2-4-13(14)17(22-23)20(26)27/h2-8,11H,9-10H2,1H3,(H,21,24)(H,26,27)/p-1/t11-/m0/s1. The van der Waals surface area contributed by atoms with Gasteiger partial charge in [0.15, 0.2) is 11.5 Å². The van der Waals surface area contributed by atoms with Crippen LogP contribution in [0.5, 0.6) is 11.5 Å². The summed E-state index contributed by atoms with van der Waals surface area (Å²) in [5.74, 6) is -0.786. The van der Waals surface area contributed by atoms with E-state index in [4.69, 9.17) is 9.47 Å². The fraction of sp³-hybridized carbons (Fsp3) is 0.200. The van der Waals surface area contributed by atoms with Gasteiger partial charge in [0.25, 0.3) is 5.56 Å². The van der Waals surface area contributed by atoms with Crippen LogP contribution in [0, 0.1) is 0 Å². The second-order valence-corrected chi connectivity index (χ2v) is 6.51. The number of nitrogens with zero attached hydrogens (tertiary/aromatic N) is 2. The van der Waals surface area contributed by atoms with Crippen LogP contribution in [0.3, 0.4) is 0 Å². The number of aromatic nitrogens is 2. The number of amides is 1. The summed E-state index contributed by atoms with van der Waals surface area (Å²) in [7, 11) is 0. The van der Waals surface area contributed by atoms with Crippen LogP contribution >= 0.6 is 0 Å². The highest BCUT2D eigenvalue weighted by Gasteiger charge is 2.21. The Morgan fingerprint density at radius 3 is 2.66 bits per heavy atom. The summed E-state index contributed by atoms with van der Waals surface area (Å²) in [5.41, 5.74) is -0.170. The minimum absolute atomic E-state index is 0.150. The minimum Gasteiger partial charge on any atom is -0.543 e. The van der Waals surface area contributed by atoms with Crippen LogP contribution in [0.25, 0.3) is 10.8 Å². The number of carbonyl (C=O) groups is 2. The van der Waals surface area contributed by atoms with Crippen LogP contribution in [0.15, 0.2) is 47.3 Å². The molecule has 0 bridgehead atoms. The summed E-state index contributed by atoms with van der Waals surface area (Å²) in [6, 6.07) is 10.4. The average Bonchev–Trinajstić information content (AvgIpc) is 3.19. The van der Waals surface area contributed by atoms with E-state index in [1.807, 2.05) is 0 Å². The zero-order chi connectivity index (χ0) is 20.5. The van der Waals surface area contributed by atoms with E-state index in [9.17, 15) is 19.5 Å². The van der Waals surface area contributed by atoms with Crippen molar-refractivity contribution >= 4 is 22.6 Å². The maximum absolute atomic E-state index is 12.7. The van der Waals surface area contributed by atoms with Gasteiger partial charge in [-0.2, -0.15) is 5.10 Å². The number of hydrogen-bond acceptors (Lipinski definition) is 7. The average molecular weight is 394 g/mol. The predicted molar refractivity (Wildman–Crippen MR) is 99.5 cm³/mol. The fourth-order valence-electron chi connectivity index (χ4n) is 3.12. The first-order chi connectivity index (χ1) is 14.0. The van der Waals surface area contributed by atoms with Crippen molar-refractivity contribution in [2.75, 3.05) is 6.79 Å². The van der Waals surface area contributed by atoms with Crippen LogP contribution in [0.1, 0.15) is 29.0 Å². The van der Waals surface area contributed by atoms with Crippen LogP contribution < -0.4 is 25.5 Å². The van der Waals surface area contributed by atoms with Gasteiger partial charge in [0.2, 0.25) is 12.7 Å². The normalized spacial score (nSPS) is 13.3. The largest absolute Gasteiger partial charge is 0.543 e. The smallest absolute Gasteiger partial charge is 0.275 e. The lowest BCUT2D eigenvalue weighted by Gasteiger charge is -2.17. The lowest BCUT2D eigenvalue weighted by molar-refractivity contribution is -0.255. The highest BCUT2D eigenvalue weighted by molar-refractivity contribution is 6.00. The summed E-state index contributed by atoms with van der Waals surface area (Å²) in [6.45, 7) is 1.81. The first-order valence-electron chi connectivity index (χ1n) is 8.85. The lowest BCUT2D eigenvalue weighted by atomic mass is 10.1. The SMILES string of the molecule is C[C@@H](C(=O)NCc1ccc2c(c1)OCO2)n1nc(C(=O)[O-])c2ccccc2c1=O. The molecule has 1 atom stereocenters. The molecule has 4 rings (SSSR count). The maximum atomic E-state index is 12.7. The molecule has 2 aromatic carbocycles. The summed E-state index contributed by atoms with van der Waals surface area (Å²) >= 11 is 0. The van der Waals surface area contributed by atoms with Gasteiger partial charge in [-0.25, -0.2) is 4.68 Å². The van der Waals surface area contributed by atoms with Crippen LogP contribution in [0.4, 0.5) is 0 Å². The minimum atomic E-state index is -1.53. The molecule has 0 saturated heterocycles. The molecule has 1 N–H and O–H groups in total. The van der Waals surface area contributed by atoms with E-state index >= 15 is 0 Å². The number of ether oxygens (including phenoxy) is 2. The maximum Gasteiger partial charge on any atom is 0.275 e. The molecule has 9 heteroatoms. The van der Waals surface area contributed by atoms with E-state index < -0.39 is 29.2 Å². The van der Waals surface area contributed by atoms with Gasteiger partial charge in [-0.1, -0.05) is 24.3 Å². The molecule has 0 unspecified atom stereocenters. The molecule has 0 radical (unpaired) electrons. The third kappa shape index (κ3) is 3.38. The zero-order valence-electron chi connectivity index (χ0n) is 15.4. The van der Waals surface area contributed by atoms with Crippen molar-refractivity contribution in [3.05, 3.63) is 64.1 Å². The molecule has 1 aliphatic rings. The molecule has 0 spiro atoms. The Kier molecular flexibility index (Phi) is 4.63. The molecule has 148 valence electrons. The van der Waals surface area contributed by atoms with Gasteiger partial charge in [-0.15, -0.1) is 0 Å². The topological polar surface area (TPSA) is 123 Å². The van der Waals surface area contributed by atoms with E-state index in [0.29, 0.717) is 11.5 Å². The van der Waals surface area contributed by atoms with E-state index in [2.05, 4.69) is 10.4 Å². The van der Waals surface area contributed by atoms with Crippen molar-refractivity contribution in [1.29, 1.82) is 0 Å². The molecule has 1 aromatic heterocycles. The monoisotopic (exact) mass is 394 g/mol. The van der Waals surface area contributed by atoms with Crippen LogP contribution in [0.2, 0.25) is 0 Å². The Morgan fingerprint density at radius 2 is 1.90 bits per heavy atom. The molecule has 9 nitrogen and oxygen atoms in total. The molecule has 0 fully saturated rings. The Morgan fingerprint density at radius 1 is 1.17 bits per heavy atom. The van der Waals surface area contributed by atoms with Crippen molar-refractivity contribution in [3.63, 3.8) is 0 Å². The summed E-state index contributed by atoms with van der Waals surface area (Å²) in [6.07, 6.45) is 0. The summed E-state index contributed by atoms with van der Waals surface area (Å²) in [5, 5.41) is 18.4. The number of benzene rings is 2. The number of rotatable bonds is 5. The van der Waals surface area contributed by atoms with E-state index in [0.717, 1.165) is 10.2 Å². The third-order valence-electron chi connectivity index (χ3n) is 4.67. The second kappa shape index (κ2) is 7.27. The molecule has 1 amide bonds. The highest BCUT2D eigenvalue weighted by atomic mass is 16.7. The van der Waals surface area contributed by atoms with Gasteiger partial charge in [-0.05, 0) is 30.7 Å². The Hall–Kier alpha value is -3.88. The van der Waals surface area contributed by atoms with Gasteiger partial charge in [0.1, 0.15) is 11.7 Å². The number of carboxylic acids is 1. The number of hydrogen-bond donors (Lipinski definition) is 1. The molecular formula is C20H16N3O6-. The van der Waals surface area contributed by atoms with Gasteiger partial charge < -0.3 is 24.7 Å². The third-order valence-corrected chi connectivity index (χ3v) is 4.67. The second-order valence-electron chi connectivity index (χ2n) is 6.51. The predicted octanol–water partition coefficient (Wildman–Crippen LogP) is 0.366. The molecule has 3 aromatic rings. The Labute approximate surface area is 164 Å². The molecule has 0 aliphatic carbocycles. The van der Waals surface area contributed by atoms with Crippen LogP contribution in [-0.2, 0) is 11.3 Å². The van der Waals surface area contributed by atoms with Crippen molar-refractivity contribution in [2.24, 2.45) is 0 Å². The van der Waals surface area contributed by atoms with Gasteiger partial charge in [0, 0.05) is 11.9 Å². The molecule has 29 heavy (non-hydrogen) atoms. The summed E-state index contributed by atoms with van der Waals surface area (Å²) < 4.78 is 11.4. The van der Waals surface area contributed by atoms with E-state index in [-0.39, 0.29) is 24.1 Å². The molecule has 2 heterocycles. The van der Waals surface area contributed by atoms with Gasteiger partial charge in [-0.3, -0.25) is 9.59 Å². The van der Waals surface area contributed by atoms with E-state index in [1.54, 1.807) is 30.3 Å². The Bertz CT molecular complexity index is 1190. The molecule has 0 saturated carbocycles. The fourth-order valence-corrected chi connectivity index (χ4v) is 3.12.